The Hall–Kier alpha value is -2.61. The Bertz CT molecular complexity index is 683. The summed E-state index contributed by atoms with van der Waals surface area (Å²) in [5.74, 6) is -0.409. The zero-order chi connectivity index (χ0) is 16.5. The van der Waals surface area contributed by atoms with E-state index in [0.29, 0.717) is 18.6 Å². The second-order valence-electron chi connectivity index (χ2n) is 5.03. The first-order valence-electron chi connectivity index (χ1n) is 7.60. The van der Waals surface area contributed by atoms with E-state index in [1.807, 2.05) is 60.7 Å². The van der Waals surface area contributed by atoms with E-state index in [4.69, 9.17) is 4.74 Å². The average molecular weight is 308 g/mol. The summed E-state index contributed by atoms with van der Waals surface area (Å²) in [6.07, 6.45) is 1.10. The van der Waals surface area contributed by atoms with Crippen molar-refractivity contribution in [3.8, 4) is 0 Å². The maximum absolute atomic E-state index is 12.1. The maximum Gasteiger partial charge on any atom is 0.342 e. The molecule has 0 fully saturated rings. The van der Waals surface area contributed by atoms with E-state index in [0.717, 1.165) is 11.1 Å². The number of esters is 1. The van der Waals surface area contributed by atoms with Crippen molar-refractivity contribution in [1.29, 1.82) is 0 Å². The maximum atomic E-state index is 12.1. The van der Waals surface area contributed by atoms with Crippen LogP contribution in [0.5, 0.6) is 0 Å². The van der Waals surface area contributed by atoms with Gasteiger partial charge in [0.2, 0.25) is 0 Å². The van der Waals surface area contributed by atoms with Gasteiger partial charge in [0.15, 0.2) is 0 Å². The minimum atomic E-state index is -0.809. The number of aliphatic hydroxyl groups is 1. The zero-order valence-corrected chi connectivity index (χ0v) is 13.1. The van der Waals surface area contributed by atoms with Crippen molar-refractivity contribution >= 4 is 5.97 Å². The van der Waals surface area contributed by atoms with Crippen LogP contribution in [0.2, 0.25) is 0 Å². The van der Waals surface area contributed by atoms with Crippen molar-refractivity contribution in [1.82, 2.24) is 0 Å². The highest BCUT2D eigenvalue weighted by Gasteiger charge is 2.11. The molecule has 1 atom stereocenters. The average Bonchev–Trinajstić information content (AvgIpc) is 2.60. The molecule has 2 aromatic carbocycles. The summed E-state index contributed by atoms with van der Waals surface area (Å²) in [6.45, 7) is 2.07. The summed E-state index contributed by atoms with van der Waals surface area (Å²) < 4.78 is 5.07. The molecule has 0 spiro atoms. The van der Waals surface area contributed by atoms with Gasteiger partial charge in [-0.2, -0.15) is 0 Å². The topological polar surface area (TPSA) is 46.5 Å². The molecule has 0 saturated carbocycles. The highest BCUT2D eigenvalue weighted by Crippen LogP contribution is 2.14. The lowest BCUT2D eigenvalue weighted by Crippen LogP contribution is -2.09. The van der Waals surface area contributed by atoms with Crippen LogP contribution in [-0.4, -0.2) is 17.7 Å². The molecule has 0 aromatic heterocycles. The molecule has 3 nitrogen and oxygen atoms in total. The second kappa shape index (κ2) is 8.74. The summed E-state index contributed by atoms with van der Waals surface area (Å²) in [4.78, 5) is 12.1. The predicted octanol–water partition coefficient (Wildman–Crippen LogP) is 3.61. The third-order valence-electron chi connectivity index (χ3n) is 3.30. The Kier molecular flexibility index (Phi) is 6.37. The quantitative estimate of drug-likeness (QED) is 0.504. The van der Waals surface area contributed by atoms with Crippen molar-refractivity contribution in [2.45, 2.75) is 19.4 Å². The lowest BCUT2D eigenvalue weighted by atomic mass is 10.0. The van der Waals surface area contributed by atoms with Crippen LogP contribution < -0.4 is 0 Å². The molecule has 0 bridgehead atoms. The van der Waals surface area contributed by atoms with E-state index in [1.165, 1.54) is 6.08 Å². The van der Waals surface area contributed by atoms with Crippen molar-refractivity contribution in [2.24, 2.45) is 0 Å². The number of carbonyl (C=O) groups excluding carboxylic acids is 1. The third-order valence-corrected chi connectivity index (χ3v) is 3.30. The third kappa shape index (κ3) is 5.26. The van der Waals surface area contributed by atoms with Crippen LogP contribution in [0.4, 0.5) is 0 Å². The van der Waals surface area contributed by atoms with Gasteiger partial charge in [-0.15, -0.1) is 5.73 Å². The first kappa shape index (κ1) is 16.8. The van der Waals surface area contributed by atoms with E-state index in [-0.39, 0.29) is 0 Å². The fourth-order valence-corrected chi connectivity index (χ4v) is 2.13. The van der Waals surface area contributed by atoms with Gasteiger partial charge in [-0.1, -0.05) is 60.7 Å². The van der Waals surface area contributed by atoms with Gasteiger partial charge in [0.1, 0.15) is 6.10 Å². The van der Waals surface area contributed by atoms with Gasteiger partial charge in [-0.3, -0.25) is 0 Å². The number of aliphatic hydroxyl groups excluding tert-OH is 1. The molecule has 0 aliphatic heterocycles. The molecule has 3 heteroatoms. The highest BCUT2D eigenvalue weighted by atomic mass is 16.5. The molecule has 118 valence electrons. The van der Waals surface area contributed by atoms with Crippen LogP contribution >= 0.6 is 0 Å². The van der Waals surface area contributed by atoms with Gasteiger partial charge >= 0.3 is 5.97 Å². The molecule has 2 aromatic rings. The molecule has 0 aliphatic rings. The van der Waals surface area contributed by atoms with Crippen LogP contribution in [0.3, 0.4) is 0 Å². The number of hydrogen-bond acceptors (Lipinski definition) is 3. The molecule has 0 amide bonds. The summed E-state index contributed by atoms with van der Waals surface area (Å²) in [5, 5.41) is 10.2. The minimum Gasteiger partial charge on any atom is -0.462 e. The summed E-state index contributed by atoms with van der Waals surface area (Å²) in [6, 6.07) is 18.9. The first-order chi connectivity index (χ1) is 11.2. The van der Waals surface area contributed by atoms with Gasteiger partial charge in [0, 0.05) is 6.42 Å². The molecular weight excluding hydrogens is 288 g/mol. The van der Waals surface area contributed by atoms with E-state index >= 15 is 0 Å². The van der Waals surface area contributed by atoms with Crippen molar-refractivity contribution in [3.05, 3.63) is 89.2 Å². The van der Waals surface area contributed by atoms with Crippen LogP contribution in [0.15, 0.2) is 78.0 Å². The molecule has 1 N–H and O–H groups in total. The van der Waals surface area contributed by atoms with Gasteiger partial charge in [-0.25, -0.2) is 4.79 Å². The summed E-state index contributed by atoms with van der Waals surface area (Å²) in [7, 11) is 0. The second-order valence-corrected chi connectivity index (χ2v) is 5.03. The molecule has 0 radical (unpaired) electrons. The van der Waals surface area contributed by atoms with Gasteiger partial charge in [0.25, 0.3) is 0 Å². The van der Waals surface area contributed by atoms with E-state index in [2.05, 4.69) is 5.73 Å². The molecule has 23 heavy (non-hydrogen) atoms. The monoisotopic (exact) mass is 308 g/mol. The lowest BCUT2D eigenvalue weighted by Gasteiger charge is -2.06. The van der Waals surface area contributed by atoms with Gasteiger partial charge < -0.3 is 9.84 Å². The van der Waals surface area contributed by atoms with E-state index < -0.39 is 12.1 Å². The standard InChI is InChI=1S/C20H20O3/c1-2-23-20(22)18(15-16-9-5-3-6-10-16)13-14-19(21)17-11-7-4-8-12-17/h3-12,14,19,21H,2,15H2,1H3. The Morgan fingerprint density at radius 1 is 1.13 bits per heavy atom. The number of carbonyl (C=O) groups is 1. The smallest absolute Gasteiger partial charge is 0.342 e. The fourth-order valence-electron chi connectivity index (χ4n) is 2.13. The van der Waals surface area contributed by atoms with Crippen molar-refractivity contribution in [3.63, 3.8) is 0 Å². The van der Waals surface area contributed by atoms with Crippen LogP contribution in [0, 0.1) is 0 Å². The molecule has 2 rings (SSSR count). The van der Waals surface area contributed by atoms with Crippen LogP contribution in [0.1, 0.15) is 24.2 Å². The van der Waals surface area contributed by atoms with Gasteiger partial charge in [0.05, 0.1) is 12.2 Å². The largest absolute Gasteiger partial charge is 0.462 e. The molecule has 0 saturated heterocycles. The predicted molar refractivity (Wildman–Crippen MR) is 89.8 cm³/mol. The Morgan fingerprint density at radius 2 is 1.74 bits per heavy atom. The van der Waals surface area contributed by atoms with Gasteiger partial charge in [-0.05, 0) is 24.1 Å². The number of hydrogen-bond donors (Lipinski definition) is 1. The SMILES string of the molecule is CCOC(=O)C(=C=CC(O)c1ccccc1)Cc1ccccc1. The van der Waals surface area contributed by atoms with Crippen molar-refractivity contribution < 1.29 is 14.6 Å². The van der Waals surface area contributed by atoms with E-state index in [9.17, 15) is 9.90 Å². The summed E-state index contributed by atoms with van der Waals surface area (Å²) in [5.41, 5.74) is 5.06. The Morgan fingerprint density at radius 3 is 2.35 bits per heavy atom. The minimum absolute atomic E-state index is 0.306. The number of ether oxygens (including phenoxy) is 1. The number of rotatable bonds is 6. The molecule has 0 aliphatic carbocycles. The fraction of sp³-hybridized carbons (Fsp3) is 0.200. The van der Waals surface area contributed by atoms with Crippen LogP contribution in [-0.2, 0) is 16.0 Å². The van der Waals surface area contributed by atoms with Crippen molar-refractivity contribution in [2.75, 3.05) is 6.61 Å². The highest BCUT2D eigenvalue weighted by molar-refractivity contribution is 5.88. The molecule has 1 unspecified atom stereocenters. The van der Waals surface area contributed by atoms with Crippen LogP contribution in [0.25, 0.3) is 0 Å². The lowest BCUT2D eigenvalue weighted by molar-refractivity contribution is -0.138. The molecular formula is C20H20O3. The Balaban J connectivity index is 2.25. The normalized spacial score (nSPS) is 11.2. The Labute approximate surface area is 136 Å². The molecule has 0 heterocycles. The zero-order valence-electron chi connectivity index (χ0n) is 13.1. The first-order valence-corrected chi connectivity index (χ1v) is 7.60. The van der Waals surface area contributed by atoms with E-state index in [1.54, 1.807) is 6.92 Å². The number of benzene rings is 2. The summed E-state index contributed by atoms with van der Waals surface area (Å²) >= 11 is 0.